The third-order valence-electron chi connectivity index (χ3n) is 6.03. The summed E-state index contributed by atoms with van der Waals surface area (Å²) in [4.78, 5) is 51.7. The minimum Gasteiger partial charge on any atom is -0.466 e. The summed E-state index contributed by atoms with van der Waals surface area (Å²) >= 11 is 0. The number of rotatable bonds is 4. The Balaban J connectivity index is 2.01. The standard InChI is InChI=1S/C18H25N3O5/c1-5-18(16(24)26-6-2)10-11-7-8-13(18)21(11)15(23)12-9-14(22)20(4)17(25)19(12)3/h9,11,13H,5-8,10H2,1-4H3/t11-,13+,18+/m1/s1. The molecule has 3 heterocycles. The smallest absolute Gasteiger partial charge is 0.331 e. The Bertz CT molecular complexity index is 871. The minimum atomic E-state index is -0.701. The molecule has 2 saturated heterocycles. The summed E-state index contributed by atoms with van der Waals surface area (Å²) in [6.07, 6.45) is 2.70. The minimum absolute atomic E-state index is 0.0609. The van der Waals surface area contributed by atoms with Crippen LogP contribution in [0, 0.1) is 5.41 Å². The van der Waals surface area contributed by atoms with Crippen LogP contribution in [0.15, 0.2) is 15.7 Å². The van der Waals surface area contributed by atoms with Crippen molar-refractivity contribution >= 4 is 11.9 Å². The first-order valence-electron chi connectivity index (χ1n) is 9.05. The quantitative estimate of drug-likeness (QED) is 0.723. The van der Waals surface area contributed by atoms with Crippen LogP contribution in [-0.4, -0.2) is 44.6 Å². The van der Waals surface area contributed by atoms with Crippen LogP contribution in [0.5, 0.6) is 0 Å². The molecular formula is C18H25N3O5. The molecule has 142 valence electrons. The van der Waals surface area contributed by atoms with E-state index < -0.39 is 16.7 Å². The number of hydrogen-bond donors (Lipinski definition) is 0. The second kappa shape index (κ2) is 6.41. The lowest BCUT2D eigenvalue weighted by Gasteiger charge is -2.34. The molecule has 1 aromatic rings. The molecule has 0 spiro atoms. The number of carbonyl (C=O) groups is 2. The summed E-state index contributed by atoms with van der Waals surface area (Å²) < 4.78 is 7.46. The Hall–Kier alpha value is -2.38. The summed E-state index contributed by atoms with van der Waals surface area (Å²) in [6, 6.07) is 0.860. The molecule has 0 aliphatic carbocycles. The van der Waals surface area contributed by atoms with Gasteiger partial charge in [0.25, 0.3) is 11.5 Å². The highest BCUT2D eigenvalue weighted by molar-refractivity contribution is 5.94. The molecule has 26 heavy (non-hydrogen) atoms. The van der Waals surface area contributed by atoms with Crippen LogP contribution in [0.3, 0.4) is 0 Å². The van der Waals surface area contributed by atoms with E-state index in [1.165, 1.54) is 24.7 Å². The monoisotopic (exact) mass is 363 g/mol. The fraction of sp³-hybridized carbons (Fsp3) is 0.667. The lowest BCUT2D eigenvalue weighted by molar-refractivity contribution is -0.157. The number of fused-ring (bicyclic) bond motifs is 2. The average Bonchev–Trinajstić information content (AvgIpc) is 3.18. The lowest BCUT2D eigenvalue weighted by atomic mass is 9.72. The van der Waals surface area contributed by atoms with Gasteiger partial charge in [-0.1, -0.05) is 6.92 Å². The molecule has 0 radical (unpaired) electrons. The van der Waals surface area contributed by atoms with Gasteiger partial charge in [0.05, 0.1) is 12.0 Å². The van der Waals surface area contributed by atoms with Crippen molar-refractivity contribution in [3.8, 4) is 0 Å². The molecule has 1 aromatic heterocycles. The molecule has 2 aliphatic heterocycles. The zero-order chi connectivity index (χ0) is 19.2. The molecular weight excluding hydrogens is 338 g/mol. The van der Waals surface area contributed by atoms with Crippen LogP contribution in [0.1, 0.15) is 50.0 Å². The van der Waals surface area contributed by atoms with E-state index in [1.54, 1.807) is 11.8 Å². The molecule has 2 fully saturated rings. The van der Waals surface area contributed by atoms with E-state index in [1.807, 2.05) is 6.92 Å². The molecule has 0 unspecified atom stereocenters. The maximum Gasteiger partial charge on any atom is 0.331 e. The fourth-order valence-corrected chi connectivity index (χ4v) is 4.58. The van der Waals surface area contributed by atoms with Crippen LogP contribution < -0.4 is 11.2 Å². The van der Waals surface area contributed by atoms with E-state index in [9.17, 15) is 19.2 Å². The van der Waals surface area contributed by atoms with E-state index in [0.29, 0.717) is 19.4 Å². The SMILES string of the molecule is CCOC(=O)[C@@]1(CC)C[C@H]2CC[C@@H]1N2C(=O)c1cc(=O)n(C)c(=O)n1C. The van der Waals surface area contributed by atoms with E-state index in [-0.39, 0.29) is 29.7 Å². The second-order valence-corrected chi connectivity index (χ2v) is 7.16. The van der Waals surface area contributed by atoms with E-state index >= 15 is 0 Å². The molecule has 2 bridgehead atoms. The van der Waals surface area contributed by atoms with Gasteiger partial charge in [0.1, 0.15) is 5.69 Å². The van der Waals surface area contributed by atoms with Crippen LogP contribution in [0.4, 0.5) is 0 Å². The summed E-state index contributed by atoms with van der Waals surface area (Å²) in [5.41, 5.74) is -1.70. The average molecular weight is 363 g/mol. The van der Waals surface area contributed by atoms with Gasteiger partial charge in [-0.15, -0.1) is 0 Å². The third-order valence-corrected chi connectivity index (χ3v) is 6.03. The first kappa shape index (κ1) is 18.4. The van der Waals surface area contributed by atoms with Crippen molar-refractivity contribution in [3.05, 3.63) is 32.6 Å². The Morgan fingerprint density at radius 2 is 1.88 bits per heavy atom. The molecule has 2 aliphatic rings. The molecule has 8 nitrogen and oxygen atoms in total. The van der Waals surface area contributed by atoms with Gasteiger partial charge in [-0.2, -0.15) is 0 Å². The van der Waals surface area contributed by atoms with Gasteiger partial charge >= 0.3 is 11.7 Å². The zero-order valence-corrected chi connectivity index (χ0v) is 15.7. The zero-order valence-electron chi connectivity index (χ0n) is 15.7. The first-order chi connectivity index (χ1) is 12.3. The number of nitrogens with zero attached hydrogens (tertiary/aromatic N) is 3. The van der Waals surface area contributed by atoms with Gasteiger partial charge < -0.3 is 9.64 Å². The van der Waals surface area contributed by atoms with Gasteiger partial charge in [-0.25, -0.2) is 4.79 Å². The van der Waals surface area contributed by atoms with Gasteiger partial charge in [0, 0.05) is 32.2 Å². The predicted molar refractivity (Wildman–Crippen MR) is 93.9 cm³/mol. The first-order valence-corrected chi connectivity index (χ1v) is 9.05. The maximum absolute atomic E-state index is 13.2. The summed E-state index contributed by atoms with van der Waals surface area (Å²) in [6.45, 7) is 4.01. The highest BCUT2D eigenvalue weighted by atomic mass is 16.5. The maximum atomic E-state index is 13.2. The normalized spacial score (nSPS) is 27.0. The van der Waals surface area contributed by atoms with Gasteiger partial charge in [0.15, 0.2) is 0 Å². The highest BCUT2D eigenvalue weighted by Crippen LogP contribution is 2.52. The Morgan fingerprint density at radius 1 is 1.19 bits per heavy atom. The van der Waals surface area contributed by atoms with Crippen molar-refractivity contribution in [1.29, 1.82) is 0 Å². The number of carbonyl (C=O) groups excluding carboxylic acids is 2. The van der Waals surface area contributed by atoms with Crippen LogP contribution >= 0.6 is 0 Å². The van der Waals surface area contributed by atoms with Crippen LogP contribution in [0.2, 0.25) is 0 Å². The number of amides is 1. The topological polar surface area (TPSA) is 90.6 Å². The highest BCUT2D eigenvalue weighted by Gasteiger charge is 2.61. The Kier molecular flexibility index (Phi) is 4.54. The van der Waals surface area contributed by atoms with Gasteiger partial charge in [0.2, 0.25) is 0 Å². The second-order valence-electron chi connectivity index (χ2n) is 7.16. The molecule has 0 saturated carbocycles. The fourth-order valence-electron chi connectivity index (χ4n) is 4.58. The number of esters is 1. The van der Waals surface area contributed by atoms with Crippen molar-refractivity contribution in [1.82, 2.24) is 14.0 Å². The van der Waals surface area contributed by atoms with Gasteiger partial charge in [-0.3, -0.25) is 23.5 Å². The summed E-state index contributed by atoms with van der Waals surface area (Å²) in [5.74, 6) is -0.625. The Morgan fingerprint density at radius 3 is 2.50 bits per heavy atom. The van der Waals surface area contributed by atoms with Crippen LogP contribution in [0.25, 0.3) is 0 Å². The number of ether oxygens (including phenoxy) is 1. The Labute approximate surface area is 151 Å². The summed E-state index contributed by atoms with van der Waals surface area (Å²) in [5, 5.41) is 0. The third kappa shape index (κ3) is 2.42. The lowest BCUT2D eigenvalue weighted by Crippen LogP contribution is -2.47. The van der Waals surface area contributed by atoms with E-state index in [2.05, 4.69) is 0 Å². The largest absolute Gasteiger partial charge is 0.466 e. The van der Waals surface area contributed by atoms with E-state index in [0.717, 1.165) is 17.4 Å². The van der Waals surface area contributed by atoms with Gasteiger partial charge in [-0.05, 0) is 32.6 Å². The molecule has 8 heteroatoms. The number of hydrogen-bond acceptors (Lipinski definition) is 5. The predicted octanol–water partition coefficient (Wildman–Crippen LogP) is 0.420. The molecule has 3 atom stereocenters. The molecule has 0 N–H and O–H groups in total. The van der Waals surface area contributed by atoms with Crippen molar-refractivity contribution in [2.75, 3.05) is 6.61 Å². The molecule has 1 amide bonds. The number of aromatic nitrogens is 2. The van der Waals surface area contributed by atoms with Crippen LogP contribution in [-0.2, 0) is 23.6 Å². The summed E-state index contributed by atoms with van der Waals surface area (Å²) in [7, 11) is 2.85. The van der Waals surface area contributed by atoms with Crippen molar-refractivity contribution in [3.63, 3.8) is 0 Å². The van der Waals surface area contributed by atoms with Crippen molar-refractivity contribution in [2.45, 2.75) is 51.6 Å². The van der Waals surface area contributed by atoms with Crippen molar-refractivity contribution in [2.24, 2.45) is 19.5 Å². The van der Waals surface area contributed by atoms with Crippen molar-refractivity contribution < 1.29 is 14.3 Å². The van der Waals surface area contributed by atoms with E-state index in [4.69, 9.17) is 4.74 Å². The molecule has 3 rings (SSSR count). The molecule has 0 aromatic carbocycles.